The maximum Gasteiger partial charge on any atom is 0.309 e. The van der Waals surface area contributed by atoms with E-state index >= 15 is 0 Å². The summed E-state index contributed by atoms with van der Waals surface area (Å²) in [7, 11) is 1.36. The molecule has 0 fully saturated rings. The number of thioether (sulfide) groups is 1. The quantitative estimate of drug-likeness (QED) is 0.356. The van der Waals surface area contributed by atoms with Crippen molar-refractivity contribution in [2.24, 2.45) is 5.92 Å². The molecule has 0 N–H and O–H groups in total. The lowest BCUT2D eigenvalue weighted by Gasteiger charge is -2.08. The average molecular weight is 269 g/mol. The van der Waals surface area contributed by atoms with Crippen LogP contribution in [0.25, 0.3) is 0 Å². The Morgan fingerprint density at radius 1 is 1.56 bits per heavy atom. The zero-order chi connectivity index (χ0) is 13.7. The predicted octanol–water partition coefficient (Wildman–Crippen LogP) is 2.80. The summed E-state index contributed by atoms with van der Waals surface area (Å²) in [5.41, 5.74) is 0.732. The Kier molecular flexibility index (Phi) is 5.15. The summed E-state index contributed by atoms with van der Waals surface area (Å²) in [6.07, 6.45) is 0. The highest BCUT2D eigenvalue weighted by Gasteiger charge is 2.15. The van der Waals surface area contributed by atoms with Crippen molar-refractivity contribution in [3.63, 3.8) is 0 Å². The van der Waals surface area contributed by atoms with Gasteiger partial charge in [0.05, 0.1) is 18.0 Å². The van der Waals surface area contributed by atoms with E-state index in [1.807, 2.05) is 0 Å². The molecule has 0 spiro atoms. The normalized spacial score (nSPS) is 11.9. The highest BCUT2D eigenvalue weighted by molar-refractivity contribution is 7.99. The number of ether oxygens (including phenoxy) is 1. The Morgan fingerprint density at radius 2 is 2.22 bits per heavy atom. The van der Waals surface area contributed by atoms with Crippen LogP contribution >= 0.6 is 11.8 Å². The molecule has 0 radical (unpaired) electrons. The number of methoxy groups -OCH3 is 1. The number of benzene rings is 1. The first kappa shape index (κ1) is 14.5. The van der Waals surface area contributed by atoms with Crippen molar-refractivity contribution < 1.29 is 14.5 Å². The summed E-state index contributed by atoms with van der Waals surface area (Å²) in [5, 5.41) is 10.7. The highest BCUT2D eigenvalue weighted by Crippen LogP contribution is 2.26. The molecular weight excluding hydrogens is 254 g/mol. The van der Waals surface area contributed by atoms with Gasteiger partial charge in [0.2, 0.25) is 0 Å². The van der Waals surface area contributed by atoms with Gasteiger partial charge >= 0.3 is 5.97 Å². The molecule has 0 aliphatic heterocycles. The van der Waals surface area contributed by atoms with Crippen LogP contribution < -0.4 is 0 Å². The first-order valence-corrected chi connectivity index (χ1v) is 6.40. The van der Waals surface area contributed by atoms with E-state index in [2.05, 4.69) is 4.74 Å². The van der Waals surface area contributed by atoms with Crippen molar-refractivity contribution in [2.45, 2.75) is 18.7 Å². The van der Waals surface area contributed by atoms with Crippen LogP contribution in [-0.4, -0.2) is 23.8 Å². The molecule has 0 aliphatic carbocycles. The molecule has 5 nitrogen and oxygen atoms in total. The van der Waals surface area contributed by atoms with Gasteiger partial charge in [-0.25, -0.2) is 0 Å². The van der Waals surface area contributed by atoms with Crippen molar-refractivity contribution in [3.8, 4) is 0 Å². The van der Waals surface area contributed by atoms with E-state index in [-0.39, 0.29) is 17.6 Å². The maximum atomic E-state index is 11.2. The van der Waals surface area contributed by atoms with Crippen LogP contribution in [0.4, 0.5) is 5.69 Å². The van der Waals surface area contributed by atoms with Crippen molar-refractivity contribution in [2.75, 3.05) is 12.9 Å². The van der Waals surface area contributed by atoms with E-state index in [1.54, 1.807) is 26.0 Å². The molecule has 1 atom stereocenters. The molecule has 0 aliphatic rings. The molecule has 1 aromatic rings. The Hall–Kier alpha value is -1.56. The minimum atomic E-state index is -0.402. The van der Waals surface area contributed by atoms with Crippen molar-refractivity contribution >= 4 is 23.4 Å². The molecule has 0 bridgehead atoms. The number of aryl methyl sites for hydroxylation is 1. The summed E-state index contributed by atoms with van der Waals surface area (Å²) >= 11 is 1.48. The van der Waals surface area contributed by atoms with Crippen LogP contribution in [0.15, 0.2) is 23.1 Å². The minimum absolute atomic E-state index is 0.111. The van der Waals surface area contributed by atoms with Crippen LogP contribution in [0, 0.1) is 23.0 Å². The van der Waals surface area contributed by atoms with Crippen LogP contribution in [-0.2, 0) is 9.53 Å². The van der Waals surface area contributed by atoms with Gasteiger partial charge in [-0.1, -0.05) is 6.92 Å². The van der Waals surface area contributed by atoms with Crippen molar-refractivity contribution in [1.29, 1.82) is 0 Å². The first-order chi connectivity index (χ1) is 8.45. The Bertz CT molecular complexity index is 461. The fourth-order valence-electron chi connectivity index (χ4n) is 1.41. The Labute approximate surface area is 110 Å². The molecule has 6 heteroatoms. The van der Waals surface area contributed by atoms with E-state index in [0.29, 0.717) is 11.3 Å². The van der Waals surface area contributed by atoms with Gasteiger partial charge in [0.15, 0.2) is 0 Å². The number of esters is 1. The van der Waals surface area contributed by atoms with E-state index in [1.165, 1.54) is 24.9 Å². The monoisotopic (exact) mass is 269 g/mol. The van der Waals surface area contributed by atoms with Gasteiger partial charge in [-0.3, -0.25) is 14.9 Å². The zero-order valence-electron chi connectivity index (χ0n) is 10.5. The second-order valence-electron chi connectivity index (χ2n) is 3.94. The number of nitro groups is 1. The molecular formula is C12H15NO4S. The molecule has 0 saturated heterocycles. The summed E-state index contributed by atoms with van der Waals surface area (Å²) in [6.45, 7) is 3.49. The Morgan fingerprint density at radius 3 is 2.72 bits per heavy atom. The number of carbonyl (C=O) groups excluding carboxylic acids is 1. The molecule has 98 valence electrons. The molecule has 0 saturated carbocycles. The molecule has 0 heterocycles. The maximum absolute atomic E-state index is 11.2. The van der Waals surface area contributed by atoms with Crippen molar-refractivity contribution in [1.82, 2.24) is 0 Å². The fraction of sp³-hybridized carbons (Fsp3) is 0.417. The van der Waals surface area contributed by atoms with E-state index in [4.69, 9.17) is 0 Å². The van der Waals surface area contributed by atoms with Gasteiger partial charge in [-0.15, -0.1) is 11.8 Å². The van der Waals surface area contributed by atoms with Crippen LogP contribution in [0.2, 0.25) is 0 Å². The van der Waals surface area contributed by atoms with E-state index in [0.717, 1.165) is 4.90 Å². The molecule has 1 unspecified atom stereocenters. The molecule has 18 heavy (non-hydrogen) atoms. The van der Waals surface area contributed by atoms with Crippen LogP contribution in [0.1, 0.15) is 12.5 Å². The summed E-state index contributed by atoms with van der Waals surface area (Å²) in [5.74, 6) is 0.140. The van der Waals surface area contributed by atoms with Gasteiger partial charge in [0.25, 0.3) is 5.69 Å². The SMILES string of the molecule is COC(=O)C(C)CSc1ccc([N+](=O)[O-])c(C)c1. The van der Waals surface area contributed by atoms with Crippen LogP contribution in [0.3, 0.4) is 0 Å². The third-order valence-electron chi connectivity index (χ3n) is 2.47. The lowest BCUT2D eigenvalue weighted by atomic mass is 10.2. The lowest BCUT2D eigenvalue weighted by Crippen LogP contribution is -2.14. The number of hydrogen-bond acceptors (Lipinski definition) is 5. The summed E-state index contributed by atoms with van der Waals surface area (Å²) < 4.78 is 4.63. The number of carbonyl (C=O) groups is 1. The number of rotatable bonds is 5. The molecule has 0 aromatic heterocycles. The van der Waals surface area contributed by atoms with Crippen molar-refractivity contribution in [3.05, 3.63) is 33.9 Å². The lowest BCUT2D eigenvalue weighted by molar-refractivity contribution is -0.385. The summed E-state index contributed by atoms with van der Waals surface area (Å²) in [6, 6.07) is 4.94. The topological polar surface area (TPSA) is 69.4 Å². The minimum Gasteiger partial charge on any atom is -0.469 e. The average Bonchev–Trinajstić information content (AvgIpc) is 2.34. The Balaban J connectivity index is 2.67. The van der Waals surface area contributed by atoms with Crippen LogP contribution in [0.5, 0.6) is 0 Å². The largest absolute Gasteiger partial charge is 0.469 e. The van der Waals surface area contributed by atoms with Gasteiger partial charge < -0.3 is 4.74 Å². The van der Waals surface area contributed by atoms with E-state index in [9.17, 15) is 14.9 Å². The number of nitro benzene ring substituents is 1. The van der Waals surface area contributed by atoms with E-state index < -0.39 is 4.92 Å². The van der Waals surface area contributed by atoms with Gasteiger partial charge in [-0.05, 0) is 19.1 Å². The summed E-state index contributed by atoms with van der Waals surface area (Å²) in [4.78, 5) is 22.4. The first-order valence-electron chi connectivity index (χ1n) is 5.41. The standard InChI is InChI=1S/C12H15NO4S/c1-8-6-10(4-5-11(8)13(15)16)18-7-9(2)12(14)17-3/h4-6,9H,7H2,1-3H3. The van der Waals surface area contributed by atoms with Gasteiger partial charge in [0, 0.05) is 22.3 Å². The second kappa shape index (κ2) is 6.39. The third-order valence-corrected chi connectivity index (χ3v) is 3.72. The number of nitrogens with zero attached hydrogens (tertiary/aromatic N) is 1. The predicted molar refractivity (Wildman–Crippen MR) is 69.7 cm³/mol. The zero-order valence-corrected chi connectivity index (χ0v) is 11.3. The second-order valence-corrected chi connectivity index (χ2v) is 5.03. The molecule has 0 amide bonds. The third kappa shape index (κ3) is 3.73. The highest BCUT2D eigenvalue weighted by atomic mass is 32.2. The fourth-order valence-corrected chi connectivity index (χ4v) is 2.42. The number of hydrogen-bond donors (Lipinski definition) is 0. The molecule has 1 rings (SSSR count). The smallest absolute Gasteiger partial charge is 0.309 e. The van der Waals surface area contributed by atoms with Gasteiger partial charge in [-0.2, -0.15) is 0 Å². The molecule has 1 aromatic carbocycles. The van der Waals surface area contributed by atoms with Gasteiger partial charge in [0.1, 0.15) is 0 Å².